The molecule has 17 heavy (non-hydrogen) atoms. The van der Waals surface area contributed by atoms with E-state index in [0.717, 1.165) is 12.8 Å². The number of ether oxygens (including phenoxy) is 1. The van der Waals surface area contributed by atoms with Gasteiger partial charge in [-0.05, 0) is 37.0 Å². The van der Waals surface area contributed by atoms with Gasteiger partial charge in [0, 0.05) is 0 Å². The number of carbonyl (C=O) groups excluding carboxylic acids is 1. The largest absolute Gasteiger partial charge is 0.480 e. The molecule has 0 radical (unpaired) electrons. The molecule has 98 valence electrons. The summed E-state index contributed by atoms with van der Waals surface area (Å²) in [5, 5.41) is 9.28. The molecule has 4 nitrogen and oxygen atoms in total. The molecular weight excluding hydrogens is 220 g/mol. The van der Waals surface area contributed by atoms with Crippen LogP contribution in [0.25, 0.3) is 0 Å². The molecule has 0 aromatic rings. The molecular formula is C13H22O4. The molecule has 0 aliphatic heterocycles. The summed E-state index contributed by atoms with van der Waals surface area (Å²) in [7, 11) is 1.25. The summed E-state index contributed by atoms with van der Waals surface area (Å²) < 4.78 is 4.66. The number of methoxy groups -OCH3 is 1. The van der Waals surface area contributed by atoms with Crippen molar-refractivity contribution in [1.82, 2.24) is 0 Å². The summed E-state index contributed by atoms with van der Waals surface area (Å²) in [5.41, 5.74) is -1.14. The van der Waals surface area contributed by atoms with E-state index in [1.54, 1.807) is 0 Å². The maximum atomic E-state index is 11.7. The van der Waals surface area contributed by atoms with E-state index in [9.17, 15) is 14.7 Å². The Morgan fingerprint density at radius 2 is 1.71 bits per heavy atom. The van der Waals surface area contributed by atoms with Crippen molar-refractivity contribution >= 4 is 11.9 Å². The second kappa shape index (κ2) is 4.67. The first kappa shape index (κ1) is 14.0. The van der Waals surface area contributed by atoms with Gasteiger partial charge in [-0.15, -0.1) is 0 Å². The van der Waals surface area contributed by atoms with Gasteiger partial charge >= 0.3 is 11.9 Å². The van der Waals surface area contributed by atoms with Crippen LogP contribution in [0.1, 0.15) is 46.5 Å². The smallest absolute Gasteiger partial charge is 0.323 e. The molecule has 1 fully saturated rings. The zero-order chi connectivity index (χ0) is 13.3. The molecule has 0 unspecified atom stereocenters. The molecule has 0 saturated heterocycles. The van der Waals surface area contributed by atoms with Gasteiger partial charge in [0.2, 0.25) is 0 Å². The van der Waals surface area contributed by atoms with Crippen molar-refractivity contribution in [2.24, 2.45) is 16.7 Å². The lowest BCUT2D eigenvalue weighted by molar-refractivity contribution is -0.171. The van der Waals surface area contributed by atoms with E-state index in [2.05, 4.69) is 25.5 Å². The first-order valence-corrected chi connectivity index (χ1v) is 6.06. The molecule has 1 aliphatic rings. The molecule has 0 heterocycles. The van der Waals surface area contributed by atoms with Gasteiger partial charge in [0.25, 0.3) is 0 Å². The maximum absolute atomic E-state index is 11.7. The summed E-state index contributed by atoms with van der Waals surface area (Å²) in [4.78, 5) is 23.0. The highest BCUT2D eigenvalue weighted by Crippen LogP contribution is 2.46. The molecule has 1 saturated carbocycles. The molecule has 0 bridgehead atoms. The predicted octanol–water partition coefficient (Wildman–Crippen LogP) is 2.47. The number of esters is 1. The number of hydrogen-bond donors (Lipinski definition) is 1. The van der Waals surface area contributed by atoms with Crippen LogP contribution in [-0.2, 0) is 14.3 Å². The van der Waals surface area contributed by atoms with Crippen LogP contribution in [0, 0.1) is 16.7 Å². The fourth-order valence-electron chi connectivity index (χ4n) is 2.68. The molecule has 0 atom stereocenters. The van der Waals surface area contributed by atoms with Crippen LogP contribution in [0.2, 0.25) is 0 Å². The molecule has 4 heteroatoms. The van der Waals surface area contributed by atoms with Crippen LogP contribution >= 0.6 is 0 Å². The Kier molecular flexibility index (Phi) is 3.84. The van der Waals surface area contributed by atoms with Gasteiger partial charge in [0.05, 0.1) is 7.11 Å². The van der Waals surface area contributed by atoms with E-state index in [-0.39, 0.29) is 5.41 Å². The molecule has 0 amide bonds. The monoisotopic (exact) mass is 242 g/mol. The van der Waals surface area contributed by atoms with Crippen molar-refractivity contribution < 1.29 is 19.4 Å². The summed E-state index contributed by atoms with van der Waals surface area (Å²) in [6, 6.07) is 0. The predicted molar refractivity (Wildman–Crippen MR) is 63.5 cm³/mol. The van der Waals surface area contributed by atoms with Gasteiger partial charge in [0.15, 0.2) is 5.41 Å². The zero-order valence-electron chi connectivity index (χ0n) is 11.1. The Labute approximate surface area is 102 Å². The number of carboxylic acid groups (broad SMARTS) is 1. The first-order chi connectivity index (χ1) is 7.74. The minimum Gasteiger partial charge on any atom is -0.480 e. The van der Waals surface area contributed by atoms with Crippen LogP contribution in [0.3, 0.4) is 0 Å². The summed E-state index contributed by atoms with van der Waals surface area (Å²) in [6.45, 7) is 6.47. The van der Waals surface area contributed by atoms with E-state index < -0.39 is 17.4 Å². The van der Waals surface area contributed by atoms with Crippen LogP contribution < -0.4 is 0 Å². The minimum absolute atomic E-state index is 0.167. The van der Waals surface area contributed by atoms with Crippen molar-refractivity contribution in [1.29, 1.82) is 0 Å². The standard InChI is InChI=1S/C13H22O4/c1-12(2,3)9-5-7-13(8-6-9,10(14)15)11(16)17-4/h9H,5-8H2,1-4H3,(H,14,15). The van der Waals surface area contributed by atoms with E-state index in [0.29, 0.717) is 18.8 Å². The number of hydrogen-bond acceptors (Lipinski definition) is 3. The van der Waals surface area contributed by atoms with Crippen LogP contribution in [-0.4, -0.2) is 24.2 Å². The Morgan fingerprint density at radius 3 is 2.00 bits per heavy atom. The van der Waals surface area contributed by atoms with Crippen molar-refractivity contribution in [3.05, 3.63) is 0 Å². The Bertz CT molecular complexity index is 306. The third-order valence-corrected chi connectivity index (χ3v) is 4.05. The van der Waals surface area contributed by atoms with Crippen LogP contribution in [0.5, 0.6) is 0 Å². The van der Waals surface area contributed by atoms with E-state index in [4.69, 9.17) is 0 Å². The zero-order valence-corrected chi connectivity index (χ0v) is 11.1. The quantitative estimate of drug-likeness (QED) is 0.597. The first-order valence-electron chi connectivity index (χ1n) is 6.06. The van der Waals surface area contributed by atoms with Crippen molar-refractivity contribution in [2.75, 3.05) is 7.11 Å². The summed E-state index contributed by atoms with van der Waals surface area (Å²) >= 11 is 0. The molecule has 0 spiro atoms. The Balaban J connectivity index is 2.82. The summed E-state index contributed by atoms with van der Waals surface area (Å²) in [5.74, 6) is -1.17. The lowest BCUT2D eigenvalue weighted by atomic mass is 9.64. The number of aliphatic carboxylic acids is 1. The molecule has 0 aromatic carbocycles. The highest BCUT2D eigenvalue weighted by Gasteiger charge is 2.50. The van der Waals surface area contributed by atoms with E-state index in [1.807, 2.05) is 0 Å². The lowest BCUT2D eigenvalue weighted by Crippen LogP contribution is -2.44. The topological polar surface area (TPSA) is 63.6 Å². The lowest BCUT2D eigenvalue weighted by Gasteiger charge is -2.40. The van der Waals surface area contributed by atoms with E-state index in [1.165, 1.54) is 7.11 Å². The van der Waals surface area contributed by atoms with Crippen LogP contribution in [0.15, 0.2) is 0 Å². The van der Waals surface area contributed by atoms with Gasteiger partial charge in [-0.25, -0.2) is 0 Å². The fourth-order valence-corrected chi connectivity index (χ4v) is 2.68. The highest BCUT2D eigenvalue weighted by molar-refractivity contribution is 5.99. The maximum Gasteiger partial charge on any atom is 0.323 e. The van der Waals surface area contributed by atoms with Crippen molar-refractivity contribution in [3.63, 3.8) is 0 Å². The second-order valence-electron chi connectivity index (χ2n) is 6.02. The van der Waals surface area contributed by atoms with Gasteiger partial charge in [0.1, 0.15) is 0 Å². The molecule has 0 aromatic heterocycles. The van der Waals surface area contributed by atoms with Gasteiger partial charge < -0.3 is 9.84 Å². The SMILES string of the molecule is COC(=O)C1(C(=O)O)CCC(C(C)(C)C)CC1. The van der Waals surface area contributed by atoms with Crippen molar-refractivity contribution in [2.45, 2.75) is 46.5 Å². The third kappa shape index (κ3) is 2.61. The summed E-state index contributed by atoms with van der Waals surface area (Å²) in [6.07, 6.45) is 2.31. The molecule has 1 N–H and O–H groups in total. The van der Waals surface area contributed by atoms with E-state index >= 15 is 0 Å². The number of carboxylic acids is 1. The molecule has 1 aliphatic carbocycles. The highest BCUT2D eigenvalue weighted by atomic mass is 16.5. The van der Waals surface area contributed by atoms with Crippen molar-refractivity contribution in [3.8, 4) is 0 Å². The average molecular weight is 242 g/mol. The Hall–Kier alpha value is -1.06. The minimum atomic E-state index is -1.31. The molecule has 1 rings (SSSR count). The number of carbonyl (C=O) groups is 2. The van der Waals surface area contributed by atoms with Gasteiger partial charge in [-0.3, -0.25) is 9.59 Å². The fraction of sp³-hybridized carbons (Fsp3) is 0.846. The van der Waals surface area contributed by atoms with Crippen LogP contribution in [0.4, 0.5) is 0 Å². The number of rotatable bonds is 2. The Morgan fingerprint density at radius 1 is 1.24 bits per heavy atom. The van der Waals surface area contributed by atoms with Gasteiger partial charge in [-0.2, -0.15) is 0 Å². The van der Waals surface area contributed by atoms with Gasteiger partial charge in [-0.1, -0.05) is 20.8 Å². The normalized spacial score (nSPS) is 29.8. The average Bonchev–Trinajstić information content (AvgIpc) is 2.26. The second-order valence-corrected chi connectivity index (χ2v) is 6.02. The third-order valence-electron chi connectivity index (χ3n) is 4.05.